The highest BCUT2D eigenvalue weighted by atomic mass is 32.2. The molecular formula is C26H28N3O7S3+. The van der Waals surface area contributed by atoms with E-state index in [-0.39, 0.29) is 18.8 Å². The molecule has 3 N–H and O–H groups in total. The topological polar surface area (TPSA) is 133 Å². The molecule has 1 atom stereocenters. The van der Waals surface area contributed by atoms with Crippen LogP contribution >= 0.6 is 11.8 Å². The van der Waals surface area contributed by atoms with Gasteiger partial charge in [-0.25, -0.2) is 9.55 Å². The Kier molecular flexibility index (Phi) is 8.26. The van der Waals surface area contributed by atoms with Gasteiger partial charge in [-0.3, -0.25) is 13.3 Å². The van der Waals surface area contributed by atoms with Crippen molar-refractivity contribution in [3.8, 4) is 5.75 Å². The molecule has 0 bridgehead atoms. The molecule has 3 aromatic carbocycles. The summed E-state index contributed by atoms with van der Waals surface area (Å²) in [7, 11) is -2.49. The lowest BCUT2D eigenvalue weighted by molar-refractivity contribution is -0.672. The normalized spacial score (nSPS) is 15.4. The van der Waals surface area contributed by atoms with Crippen LogP contribution in [0.1, 0.15) is 18.7 Å². The Balaban J connectivity index is 1.58. The number of nitrogens with zero attached hydrogens (tertiary/aromatic N) is 2. The number of H-pyrrole nitrogens is 1. The number of nitrogens with one attached hydrogen (secondary N) is 1. The van der Waals surface area contributed by atoms with E-state index in [0.717, 1.165) is 43.2 Å². The molecule has 10 nitrogen and oxygen atoms in total. The fourth-order valence-corrected chi connectivity index (χ4v) is 6.60. The molecule has 2 heterocycles. The van der Waals surface area contributed by atoms with Gasteiger partial charge in [0.25, 0.3) is 15.9 Å². The molecule has 1 aromatic heterocycles. The SMILES string of the molecule is COc1ccc2c(c1)N(CCCS(=O)(=O)O)C(=Cc1[nH]c3ccc4ccccc4c3[n+]1CCCOS(=O)O)S2. The zero-order chi connectivity index (χ0) is 27.6. The third-order valence-electron chi connectivity index (χ3n) is 6.42. The molecule has 0 spiro atoms. The molecule has 39 heavy (non-hydrogen) atoms. The molecular weight excluding hydrogens is 563 g/mol. The standard InChI is InChI=1S/C26H27N3O7S3/c1-35-19-9-11-23-22(16-19)28(13-5-15-39(32,33)34)25(37-23)17-24-27-21-10-8-18-6-2-3-7-20(18)26(21)29(24)12-4-14-36-38(30)31/h2-3,6-11,16-17H,4-5,12-15H2,1H3,(H2,30,31,32,33,34)/p+1. The third kappa shape index (κ3) is 6.29. The maximum Gasteiger partial charge on any atom is 0.301 e. The van der Waals surface area contributed by atoms with Crippen LogP contribution in [0, 0.1) is 0 Å². The first kappa shape index (κ1) is 27.6. The summed E-state index contributed by atoms with van der Waals surface area (Å²) in [5.41, 5.74) is 2.84. The van der Waals surface area contributed by atoms with E-state index in [4.69, 9.17) is 13.5 Å². The van der Waals surface area contributed by atoms with Crippen molar-refractivity contribution in [3.05, 3.63) is 65.5 Å². The molecule has 0 saturated carbocycles. The second-order valence-corrected chi connectivity index (χ2v) is 12.3. The summed E-state index contributed by atoms with van der Waals surface area (Å²) in [6.45, 7) is 1.02. The van der Waals surface area contributed by atoms with Gasteiger partial charge in [0.05, 0.1) is 42.8 Å². The number of hydrogen-bond acceptors (Lipinski definition) is 7. The Hall–Kier alpha value is -2.94. The lowest BCUT2D eigenvalue weighted by atomic mass is 10.1. The first-order chi connectivity index (χ1) is 18.7. The molecule has 13 heteroatoms. The second kappa shape index (κ2) is 11.7. The van der Waals surface area contributed by atoms with Crippen molar-refractivity contribution in [2.24, 2.45) is 0 Å². The van der Waals surface area contributed by atoms with Gasteiger partial charge in [0.15, 0.2) is 11.0 Å². The molecule has 0 radical (unpaired) electrons. The van der Waals surface area contributed by atoms with Crippen molar-refractivity contribution < 1.29 is 35.2 Å². The molecule has 0 fully saturated rings. The Labute approximate surface area is 232 Å². The van der Waals surface area contributed by atoms with E-state index in [9.17, 15) is 17.2 Å². The average Bonchev–Trinajstić information content (AvgIpc) is 3.43. The highest BCUT2D eigenvalue weighted by Gasteiger charge is 2.28. The number of aryl methyl sites for hydroxylation is 1. The predicted octanol–water partition coefficient (Wildman–Crippen LogP) is 4.35. The third-order valence-corrected chi connectivity index (χ3v) is 8.70. The Morgan fingerprint density at radius 2 is 1.97 bits per heavy atom. The van der Waals surface area contributed by atoms with Gasteiger partial charge >= 0.3 is 11.4 Å². The van der Waals surface area contributed by atoms with Gasteiger partial charge in [-0.15, -0.1) is 0 Å². The summed E-state index contributed by atoms with van der Waals surface area (Å²) >= 11 is -0.763. The van der Waals surface area contributed by atoms with Crippen LogP contribution in [0.5, 0.6) is 5.75 Å². The number of aromatic nitrogens is 2. The number of thioether (sulfide) groups is 1. The summed E-state index contributed by atoms with van der Waals surface area (Å²) in [6.07, 6.45) is 2.76. The number of methoxy groups -OCH3 is 1. The van der Waals surface area contributed by atoms with E-state index >= 15 is 0 Å². The summed E-state index contributed by atoms with van der Waals surface area (Å²) < 4.78 is 64.4. The summed E-state index contributed by atoms with van der Waals surface area (Å²) in [5.74, 6) is 1.16. The minimum Gasteiger partial charge on any atom is -0.497 e. The lowest BCUT2D eigenvalue weighted by Crippen LogP contribution is -2.37. The number of aromatic amines is 1. The number of fused-ring (bicyclic) bond motifs is 4. The summed E-state index contributed by atoms with van der Waals surface area (Å²) in [6, 6.07) is 17.9. The quantitative estimate of drug-likeness (QED) is 0.101. The number of benzene rings is 3. The Morgan fingerprint density at radius 1 is 1.15 bits per heavy atom. The van der Waals surface area contributed by atoms with Crippen LogP contribution in [0.25, 0.3) is 27.9 Å². The van der Waals surface area contributed by atoms with Gasteiger partial charge in [-0.1, -0.05) is 30.0 Å². The van der Waals surface area contributed by atoms with Crippen LogP contribution in [0.15, 0.2) is 64.5 Å². The van der Waals surface area contributed by atoms with Crippen molar-refractivity contribution in [2.45, 2.75) is 24.3 Å². The zero-order valence-electron chi connectivity index (χ0n) is 21.1. The number of hydrogen-bond donors (Lipinski definition) is 3. The van der Waals surface area contributed by atoms with E-state index in [1.807, 2.05) is 47.4 Å². The molecule has 1 aliphatic heterocycles. The second-order valence-electron chi connectivity index (χ2n) is 8.95. The zero-order valence-corrected chi connectivity index (χ0v) is 23.5. The number of ether oxygens (including phenoxy) is 1. The van der Waals surface area contributed by atoms with E-state index < -0.39 is 21.5 Å². The molecule has 1 unspecified atom stereocenters. The van der Waals surface area contributed by atoms with E-state index in [2.05, 4.69) is 27.8 Å². The molecule has 0 aliphatic carbocycles. The van der Waals surface area contributed by atoms with E-state index in [1.165, 1.54) is 0 Å². The number of anilines is 1. The van der Waals surface area contributed by atoms with Crippen molar-refractivity contribution in [3.63, 3.8) is 0 Å². The number of rotatable bonds is 11. The van der Waals surface area contributed by atoms with Crippen LogP contribution in [-0.2, 0) is 32.2 Å². The van der Waals surface area contributed by atoms with Crippen molar-refractivity contribution in [2.75, 3.05) is 30.9 Å². The van der Waals surface area contributed by atoms with Gasteiger partial charge in [-0.2, -0.15) is 12.6 Å². The Bertz CT molecular complexity index is 1690. The van der Waals surface area contributed by atoms with Crippen LogP contribution < -0.4 is 14.2 Å². The molecule has 5 rings (SSSR count). The van der Waals surface area contributed by atoms with Crippen molar-refractivity contribution in [1.29, 1.82) is 0 Å². The number of imidazole rings is 1. The highest BCUT2D eigenvalue weighted by Crippen LogP contribution is 2.48. The van der Waals surface area contributed by atoms with Gasteiger partial charge < -0.3 is 9.64 Å². The van der Waals surface area contributed by atoms with Crippen molar-refractivity contribution >= 4 is 66.8 Å². The fourth-order valence-electron chi connectivity index (χ4n) is 4.74. The summed E-state index contributed by atoms with van der Waals surface area (Å²) in [4.78, 5) is 6.55. The minimum atomic E-state index is -4.09. The first-order valence-corrected chi connectivity index (χ1v) is 15.7. The van der Waals surface area contributed by atoms with E-state index in [1.54, 1.807) is 18.9 Å². The largest absolute Gasteiger partial charge is 0.497 e. The van der Waals surface area contributed by atoms with Crippen LogP contribution in [-0.4, -0.2) is 52.7 Å². The minimum absolute atomic E-state index is 0.116. The maximum atomic E-state index is 11.4. The van der Waals surface area contributed by atoms with Gasteiger partial charge in [-0.05, 0) is 42.1 Å². The van der Waals surface area contributed by atoms with Gasteiger partial charge in [0.1, 0.15) is 5.75 Å². The maximum absolute atomic E-state index is 11.4. The van der Waals surface area contributed by atoms with Crippen LogP contribution in [0.2, 0.25) is 0 Å². The average molecular weight is 591 g/mol. The molecule has 4 aromatic rings. The Morgan fingerprint density at radius 3 is 2.74 bits per heavy atom. The van der Waals surface area contributed by atoms with Crippen molar-refractivity contribution in [1.82, 2.24) is 4.98 Å². The summed E-state index contributed by atoms with van der Waals surface area (Å²) in [5, 5.41) is 3.04. The lowest BCUT2D eigenvalue weighted by Gasteiger charge is -2.20. The first-order valence-electron chi connectivity index (χ1n) is 12.2. The van der Waals surface area contributed by atoms with Crippen LogP contribution in [0.3, 0.4) is 0 Å². The highest BCUT2D eigenvalue weighted by molar-refractivity contribution is 8.03. The van der Waals surface area contributed by atoms with Gasteiger partial charge in [0, 0.05) is 29.3 Å². The molecule has 0 saturated heterocycles. The molecule has 1 aliphatic rings. The van der Waals surface area contributed by atoms with Crippen LogP contribution in [0.4, 0.5) is 5.69 Å². The van der Waals surface area contributed by atoms with Gasteiger partial charge in [0.2, 0.25) is 0 Å². The smallest absolute Gasteiger partial charge is 0.301 e. The fraction of sp³-hybridized carbons (Fsp3) is 0.269. The van der Waals surface area contributed by atoms with E-state index in [0.29, 0.717) is 25.3 Å². The monoisotopic (exact) mass is 590 g/mol. The predicted molar refractivity (Wildman–Crippen MR) is 153 cm³/mol. The molecule has 0 amide bonds. The molecule has 206 valence electrons.